The maximum absolute atomic E-state index is 11.7. The van der Waals surface area contributed by atoms with Crippen LogP contribution >= 0.6 is 0 Å². The third-order valence-electron chi connectivity index (χ3n) is 2.97. The molecule has 0 heterocycles. The van der Waals surface area contributed by atoms with Crippen LogP contribution in [0, 0.1) is 5.92 Å². The molecule has 90 valence electrons. The molecular weight excluding hydrogens is 214 g/mol. The number of rotatable bonds is 5. The van der Waals surface area contributed by atoms with Gasteiger partial charge in [-0.15, -0.1) is 0 Å². The topological polar surface area (TPSA) is 38.3 Å². The number of carbonyl (C=O) groups excluding carboxylic acids is 1. The summed E-state index contributed by atoms with van der Waals surface area (Å²) in [6.07, 6.45) is 4.91. The predicted molar refractivity (Wildman–Crippen MR) is 68.1 cm³/mol. The molecule has 1 aliphatic carbocycles. The van der Waals surface area contributed by atoms with Gasteiger partial charge in [0.15, 0.2) is 0 Å². The number of amides is 1. The summed E-state index contributed by atoms with van der Waals surface area (Å²) in [6.45, 7) is 4.08. The molecule has 0 saturated heterocycles. The number of nitrogens with one attached hydrogen (secondary N) is 1. The zero-order valence-electron chi connectivity index (χ0n) is 9.82. The molecule has 1 aromatic carbocycles. The van der Waals surface area contributed by atoms with E-state index in [1.165, 1.54) is 6.42 Å². The molecule has 3 heteroatoms. The van der Waals surface area contributed by atoms with E-state index >= 15 is 0 Å². The van der Waals surface area contributed by atoms with Gasteiger partial charge in [0.25, 0.3) is 0 Å². The van der Waals surface area contributed by atoms with Gasteiger partial charge in [-0.25, -0.2) is 0 Å². The standard InChI is InChI=1S/C14H17NO2/c1-2-10-17-13-8-6-12(7-9-13)15-14(16)11-4-3-5-11/h2,6-9,11H,1,3-5,10H2,(H,15,16). The van der Waals surface area contributed by atoms with Gasteiger partial charge in [-0.3, -0.25) is 4.79 Å². The van der Waals surface area contributed by atoms with E-state index in [1.54, 1.807) is 6.08 Å². The summed E-state index contributed by atoms with van der Waals surface area (Å²) in [4.78, 5) is 11.7. The highest BCUT2D eigenvalue weighted by molar-refractivity contribution is 5.93. The largest absolute Gasteiger partial charge is 0.490 e. The van der Waals surface area contributed by atoms with Crippen molar-refractivity contribution in [3.05, 3.63) is 36.9 Å². The summed E-state index contributed by atoms with van der Waals surface area (Å²) < 4.78 is 5.36. The first kappa shape index (κ1) is 11.7. The van der Waals surface area contributed by atoms with Gasteiger partial charge in [0.2, 0.25) is 5.91 Å². The molecule has 1 aliphatic rings. The van der Waals surface area contributed by atoms with Crippen LogP contribution in [0.5, 0.6) is 5.75 Å². The lowest BCUT2D eigenvalue weighted by Crippen LogP contribution is -2.27. The maximum Gasteiger partial charge on any atom is 0.227 e. The zero-order chi connectivity index (χ0) is 12.1. The molecule has 17 heavy (non-hydrogen) atoms. The smallest absolute Gasteiger partial charge is 0.227 e. The maximum atomic E-state index is 11.7. The van der Waals surface area contributed by atoms with Gasteiger partial charge >= 0.3 is 0 Å². The summed E-state index contributed by atoms with van der Waals surface area (Å²) in [7, 11) is 0. The molecule has 0 spiro atoms. The highest BCUT2D eigenvalue weighted by atomic mass is 16.5. The Morgan fingerprint density at radius 3 is 2.65 bits per heavy atom. The van der Waals surface area contributed by atoms with Gasteiger partial charge in [0.05, 0.1) is 0 Å². The van der Waals surface area contributed by atoms with E-state index in [9.17, 15) is 4.79 Å². The van der Waals surface area contributed by atoms with E-state index in [-0.39, 0.29) is 11.8 Å². The van der Waals surface area contributed by atoms with Crippen LogP contribution in [-0.2, 0) is 4.79 Å². The Bertz CT molecular complexity index is 393. The summed E-state index contributed by atoms with van der Waals surface area (Å²) in [5.74, 6) is 1.13. The number of hydrogen-bond acceptors (Lipinski definition) is 2. The van der Waals surface area contributed by atoms with Gasteiger partial charge in [-0.2, -0.15) is 0 Å². The molecule has 0 unspecified atom stereocenters. The third-order valence-corrected chi connectivity index (χ3v) is 2.97. The molecule has 1 amide bonds. The fourth-order valence-corrected chi connectivity index (χ4v) is 1.70. The fourth-order valence-electron chi connectivity index (χ4n) is 1.70. The summed E-state index contributed by atoms with van der Waals surface area (Å²) in [6, 6.07) is 7.41. The van der Waals surface area contributed by atoms with Gasteiger partial charge in [-0.05, 0) is 37.1 Å². The van der Waals surface area contributed by atoms with E-state index in [0.29, 0.717) is 6.61 Å². The van der Waals surface area contributed by atoms with Crippen molar-refractivity contribution in [1.82, 2.24) is 0 Å². The first-order chi connectivity index (χ1) is 8.29. The minimum absolute atomic E-state index is 0.135. The molecule has 1 saturated carbocycles. The Kier molecular flexibility index (Phi) is 3.81. The molecule has 1 N–H and O–H groups in total. The van der Waals surface area contributed by atoms with Crippen LogP contribution in [0.2, 0.25) is 0 Å². The molecule has 0 bridgehead atoms. The number of benzene rings is 1. The molecule has 0 aromatic heterocycles. The SMILES string of the molecule is C=CCOc1ccc(NC(=O)C2CCC2)cc1. The summed E-state index contributed by atoms with van der Waals surface area (Å²) >= 11 is 0. The Hall–Kier alpha value is -1.77. The highest BCUT2D eigenvalue weighted by Gasteiger charge is 2.24. The van der Waals surface area contributed by atoms with E-state index in [0.717, 1.165) is 24.3 Å². The van der Waals surface area contributed by atoms with Crippen molar-refractivity contribution in [3.63, 3.8) is 0 Å². The van der Waals surface area contributed by atoms with Crippen molar-refractivity contribution >= 4 is 11.6 Å². The van der Waals surface area contributed by atoms with Crippen LogP contribution in [0.3, 0.4) is 0 Å². The fraction of sp³-hybridized carbons (Fsp3) is 0.357. The van der Waals surface area contributed by atoms with Gasteiger partial charge in [0, 0.05) is 11.6 Å². The average Bonchev–Trinajstić information content (AvgIpc) is 2.26. The van der Waals surface area contributed by atoms with E-state index < -0.39 is 0 Å². The molecule has 0 radical (unpaired) electrons. The Labute approximate surface area is 101 Å². The first-order valence-corrected chi connectivity index (χ1v) is 5.94. The van der Waals surface area contributed by atoms with Crippen molar-refractivity contribution < 1.29 is 9.53 Å². The van der Waals surface area contributed by atoms with Crippen molar-refractivity contribution in [3.8, 4) is 5.75 Å². The normalized spacial score (nSPS) is 14.8. The lowest BCUT2D eigenvalue weighted by Gasteiger charge is -2.24. The Balaban J connectivity index is 1.88. The first-order valence-electron chi connectivity index (χ1n) is 5.94. The molecule has 1 fully saturated rings. The second-order valence-electron chi connectivity index (χ2n) is 4.24. The number of carbonyl (C=O) groups is 1. The van der Waals surface area contributed by atoms with Crippen molar-refractivity contribution in [2.45, 2.75) is 19.3 Å². The quantitative estimate of drug-likeness (QED) is 0.791. The van der Waals surface area contributed by atoms with E-state index in [1.807, 2.05) is 24.3 Å². The Morgan fingerprint density at radius 2 is 2.12 bits per heavy atom. The molecule has 0 aliphatic heterocycles. The second kappa shape index (κ2) is 5.53. The van der Waals surface area contributed by atoms with Gasteiger partial charge in [0.1, 0.15) is 12.4 Å². The lowest BCUT2D eigenvalue weighted by atomic mass is 9.85. The van der Waals surface area contributed by atoms with Gasteiger partial charge < -0.3 is 10.1 Å². The molecule has 3 nitrogen and oxygen atoms in total. The Morgan fingerprint density at radius 1 is 1.41 bits per heavy atom. The van der Waals surface area contributed by atoms with Gasteiger partial charge in [-0.1, -0.05) is 19.1 Å². The molecule has 0 atom stereocenters. The number of anilines is 1. The van der Waals surface area contributed by atoms with Crippen LogP contribution in [-0.4, -0.2) is 12.5 Å². The van der Waals surface area contributed by atoms with E-state index in [2.05, 4.69) is 11.9 Å². The van der Waals surface area contributed by atoms with Crippen LogP contribution in [0.25, 0.3) is 0 Å². The van der Waals surface area contributed by atoms with Crippen molar-refractivity contribution in [2.75, 3.05) is 11.9 Å². The van der Waals surface area contributed by atoms with Crippen molar-refractivity contribution in [1.29, 1.82) is 0 Å². The van der Waals surface area contributed by atoms with Crippen LogP contribution in [0.1, 0.15) is 19.3 Å². The van der Waals surface area contributed by atoms with Crippen molar-refractivity contribution in [2.24, 2.45) is 5.92 Å². The minimum atomic E-state index is 0.135. The lowest BCUT2D eigenvalue weighted by molar-refractivity contribution is -0.122. The zero-order valence-corrected chi connectivity index (χ0v) is 9.82. The number of hydrogen-bond donors (Lipinski definition) is 1. The van der Waals surface area contributed by atoms with Crippen LogP contribution in [0.15, 0.2) is 36.9 Å². The molecule has 2 rings (SSSR count). The summed E-state index contributed by atoms with van der Waals surface area (Å²) in [5, 5.41) is 2.91. The minimum Gasteiger partial charge on any atom is -0.490 e. The number of ether oxygens (including phenoxy) is 1. The summed E-state index contributed by atoms with van der Waals surface area (Å²) in [5.41, 5.74) is 0.827. The van der Waals surface area contributed by atoms with Crippen LogP contribution in [0.4, 0.5) is 5.69 Å². The molecular formula is C14H17NO2. The third kappa shape index (κ3) is 3.09. The highest BCUT2D eigenvalue weighted by Crippen LogP contribution is 2.27. The van der Waals surface area contributed by atoms with E-state index in [4.69, 9.17) is 4.74 Å². The average molecular weight is 231 g/mol. The molecule has 1 aromatic rings. The second-order valence-corrected chi connectivity index (χ2v) is 4.24. The monoisotopic (exact) mass is 231 g/mol. The van der Waals surface area contributed by atoms with Crippen LogP contribution < -0.4 is 10.1 Å². The predicted octanol–water partition coefficient (Wildman–Crippen LogP) is 2.99.